The molecule has 0 spiro atoms. The summed E-state index contributed by atoms with van der Waals surface area (Å²) in [6.07, 6.45) is 6.96. The van der Waals surface area contributed by atoms with Crippen LogP contribution in [0.2, 0.25) is 0 Å². The molecule has 0 aliphatic heterocycles. The lowest BCUT2D eigenvalue weighted by atomic mass is 9.79. The molecule has 1 aliphatic carbocycles. The van der Waals surface area contributed by atoms with E-state index in [1.54, 1.807) is 49.8 Å². The van der Waals surface area contributed by atoms with Crippen molar-refractivity contribution in [1.29, 1.82) is 0 Å². The highest BCUT2D eigenvalue weighted by molar-refractivity contribution is 7.67. The molecule has 1 saturated carbocycles. The lowest BCUT2D eigenvalue weighted by Crippen LogP contribution is -2.25. The average molecular weight is 639 g/mol. The quantitative estimate of drug-likeness (QED) is 0.183. The van der Waals surface area contributed by atoms with E-state index in [-0.39, 0.29) is 7.92 Å². The molecule has 0 heterocycles. The Kier molecular flexibility index (Phi) is 12.5. The molecule has 0 amide bonds. The van der Waals surface area contributed by atoms with Gasteiger partial charge in [0.05, 0.1) is 0 Å². The summed E-state index contributed by atoms with van der Waals surface area (Å²) in [6.45, 7) is 33.9. The summed E-state index contributed by atoms with van der Waals surface area (Å²) in [7, 11) is -0.389. The van der Waals surface area contributed by atoms with Gasteiger partial charge < -0.3 is 0 Å². The molecule has 3 aromatic carbocycles. The zero-order valence-electron chi connectivity index (χ0n) is 32.1. The summed E-state index contributed by atoms with van der Waals surface area (Å²) >= 11 is 0. The fraction of sp³-hybridized carbons (Fsp3) is 0.600. The van der Waals surface area contributed by atoms with Crippen molar-refractivity contribution < 1.29 is 0 Å². The highest BCUT2D eigenvalue weighted by atomic mass is 31.1. The smallest absolute Gasteiger partial charge is 0.00785 e. The van der Waals surface area contributed by atoms with Gasteiger partial charge in [-0.3, -0.25) is 0 Å². The molecule has 1 heteroatoms. The van der Waals surface area contributed by atoms with Gasteiger partial charge in [-0.15, -0.1) is 0 Å². The van der Waals surface area contributed by atoms with Crippen LogP contribution in [-0.2, 0) is 0 Å². The van der Waals surface area contributed by atoms with Crippen LogP contribution in [0.4, 0.5) is 0 Å². The molecule has 0 N–H and O–H groups in total. The largest absolute Gasteiger partial charge is 0.0682 e. The minimum atomic E-state index is -0.389. The Morgan fingerprint density at radius 2 is 0.826 bits per heavy atom. The molecule has 4 rings (SSSR count). The van der Waals surface area contributed by atoms with Gasteiger partial charge in [0.1, 0.15) is 0 Å². The second-order valence-electron chi connectivity index (χ2n) is 16.6. The fourth-order valence-corrected chi connectivity index (χ4v) is 11.6. The van der Waals surface area contributed by atoms with Crippen LogP contribution < -0.4 is 5.30 Å². The Morgan fingerprint density at radius 1 is 0.478 bits per heavy atom. The molecule has 1 atom stereocenters. The first-order valence-corrected chi connectivity index (χ1v) is 20.4. The summed E-state index contributed by atoms with van der Waals surface area (Å²) in [6, 6.07) is 17.8. The van der Waals surface area contributed by atoms with E-state index in [4.69, 9.17) is 0 Å². The lowest BCUT2D eigenvalue weighted by Gasteiger charge is -2.38. The Balaban J connectivity index is 2.25. The first-order valence-electron chi connectivity index (χ1n) is 18.9. The number of benzene rings is 3. The minimum Gasteiger partial charge on any atom is -0.0682 e. The first kappa shape index (κ1) is 36.9. The van der Waals surface area contributed by atoms with Crippen molar-refractivity contribution in [3.05, 3.63) is 75.8 Å². The molecule has 1 aliphatic rings. The zero-order chi connectivity index (χ0) is 34.0. The normalized spacial score (nSPS) is 15.5. The molecular formula is C45H67P. The van der Waals surface area contributed by atoms with E-state index in [9.17, 15) is 0 Å². The molecule has 0 nitrogen and oxygen atoms in total. The van der Waals surface area contributed by atoms with E-state index in [2.05, 4.69) is 139 Å². The minimum absolute atomic E-state index is 0.389. The van der Waals surface area contributed by atoms with Crippen LogP contribution in [-0.4, -0.2) is 11.3 Å². The Labute approximate surface area is 286 Å². The van der Waals surface area contributed by atoms with Crippen LogP contribution >= 0.6 is 7.92 Å². The van der Waals surface area contributed by atoms with E-state index < -0.39 is 0 Å². The SMILES string of the molecule is CC(C)c1cc(C(C)C)c(-c2cccc(-c3c(C(C)C)cc(C(C)C)cc3C(C)C)c2P(C(C)C)C2CCCCC2)c(C(C)C)c1. The molecule has 0 aromatic heterocycles. The second-order valence-corrected chi connectivity index (χ2v) is 19.6. The predicted molar refractivity (Wildman–Crippen MR) is 210 cm³/mol. The maximum Gasteiger partial charge on any atom is -0.00785 e. The molecular weight excluding hydrogens is 571 g/mol. The van der Waals surface area contributed by atoms with Crippen molar-refractivity contribution in [1.82, 2.24) is 0 Å². The summed E-state index contributed by atoms with van der Waals surface area (Å²) in [5.74, 6) is 2.89. The highest BCUT2D eigenvalue weighted by Crippen LogP contribution is 2.56. The Bertz CT molecular complexity index is 1310. The van der Waals surface area contributed by atoms with Gasteiger partial charge >= 0.3 is 0 Å². The van der Waals surface area contributed by atoms with E-state index in [0.717, 1.165) is 5.66 Å². The van der Waals surface area contributed by atoms with Crippen LogP contribution in [0.1, 0.15) is 198 Å². The Morgan fingerprint density at radius 3 is 1.11 bits per heavy atom. The molecule has 0 bridgehead atoms. The number of rotatable bonds is 11. The summed E-state index contributed by atoms with van der Waals surface area (Å²) in [5, 5.41) is 1.71. The first-order chi connectivity index (χ1) is 21.6. The van der Waals surface area contributed by atoms with Crippen molar-refractivity contribution in [3.63, 3.8) is 0 Å². The third kappa shape index (κ3) is 7.70. The molecule has 252 valence electrons. The molecule has 3 aromatic rings. The van der Waals surface area contributed by atoms with Gasteiger partial charge in [0.15, 0.2) is 0 Å². The monoisotopic (exact) mass is 638 g/mol. The van der Waals surface area contributed by atoms with Crippen LogP contribution in [0.3, 0.4) is 0 Å². The van der Waals surface area contributed by atoms with Gasteiger partial charge in [-0.1, -0.05) is 167 Å². The van der Waals surface area contributed by atoms with Gasteiger partial charge in [-0.05, 0) is 121 Å². The third-order valence-electron chi connectivity index (χ3n) is 10.6. The van der Waals surface area contributed by atoms with Crippen LogP contribution in [0.5, 0.6) is 0 Å². The lowest BCUT2D eigenvalue weighted by molar-refractivity contribution is 0.510. The van der Waals surface area contributed by atoms with Gasteiger partial charge in [0.2, 0.25) is 0 Å². The summed E-state index contributed by atoms with van der Waals surface area (Å²) < 4.78 is 0. The van der Waals surface area contributed by atoms with Crippen molar-refractivity contribution >= 4 is 13.2 Å². The second kappa shape index (κ2) is 15.5. The van der Waals surface area contributed by atoms with Gasteiger partial charge in [0, 0.05) is 0 Å². The molecule has 1 unspecified atom stereocenters. The maximum atomic E-state index is 2.57. The third-order valence-corrected chi connectivity index (χ3v) is 14.0. The summed E-state index contributed by atoms with van der Waals surface area (Å²) in [4.78, 5) is 0. The van der Waals surface area contributed by atoms with Gasteiger partial charge in [0.25, 0.3) is 0 Å². The molecule has 0 saturated heterocycles. The average Bonchev–Trinajstić information content (AvgIpc) is 3.00. The standard InChI is InChI=1S/C45H67P/c1-27(2)34-23-39(29(5)6)43(40(24-34)30(7)8)37-21-18-22-38(45(37)46(33(13)14)36-19-16-15-17-20-36)44-41(31(9)10)25-35(28(3)4)26-42(44)32(11)12/h18,21-33,36H,15-17,19-20H2,1-14H3. The summed E-state index contributed by atoms with van der Waals surface area (Å²) in [5.41, 5.74) is 16.8. The molecule has 1 fully saturated rings. The van der Waals surface area contributed by atoms with Gasteiger partial charge in [-0.25, -0.2) is 0 Å². The van der Waals surface area contributed by atoms with Crippen LogP contribution in [0, 0.1) is 0 Å². The van der Waals surface area contributed by atoms with Crippen molar-refractivity contribution in [2.45, 2.75) is 176 Å². The molecule has 0 radical (unpaired) electrons. The maximum absolute atomic E-state index is 2.57. The van der Waals surface area contributed by atoms with Crippen molar-refractivity contribution in [2.24, 2.45) is 0 Å². The van der Waals surface area contributed by atoms with E-state index in [0.29, 0.717) is 41.2 Å². The fourth-order valence-electron chi connectivity index (χ4n) is 7.98. The van der Waals surface area contributed by atoms with Crippen LogP contribution in [0.25, 0.3) is 22.3 Å². The van der Waals surface area contributed by atoms with Crippen LogP contribution in [0.15, 0.2) is 42.5 Å². The number of hydrogen-bond donors (Lipinski definition) is 0. The van der Waals surface area contributed by atoms with E-state index >= 15 is 0 Å². The highest BCUT2D eigenvalue weighted by Gasteiger charge is 2.34. The van der Waals surface area contributed by atoms with Crippen molar-refractivity contribution in [3.8, 4) is 22.3 Å². The number of hydrogen-bond acceptors (Lipinski definition) is 0. The predicted octanol–water partition coefficient (Wildman–Crippen LogP) is 14.6. The van der Waals surface area contributed by atoms with E-state index in [1.807, 2.05) is 0 Å². The Hall–Kier alpha value is -1.91. The van der Waals surface area contributed by atoms with E-state index in [1.165, 1.54) is 43.2 Å². The zero-order valence-corrected chi connectivity index (χ0v) is 33.0. The molecule has 46 heavy (non-hydrogen) atoms. The van der Waals surface area contributed by atoms with Gasteiger partial charge in [-0.2, -0.15) is 0 Å². The van der Waals surface area contributed by atoms with Crippen molar-refractivity contribution in [2.75, 3.05) is 0 Å². The topological polar surface area (TPSA) is 0 Å².